The molecule has 0 saturated heterocycles. The van der Waals surface area contributed by atoms with Crippen LogP contribution in [0.3, 0.4) is 0 Å². The van der Waals surface area contributed by atoms with E-state index in [9.17, 15) is 0 Å². The van der Waals surface area contributed by atoms with Crippen molar-refractivity contribution >= 4 is 21.8 Å². The first-order valence-corrected chi connectivity index (χ1v) is 14.8. The van der Waals surface area contributed by atoms with Gasteiger partial charge in [-0.25, -0.2) is 4.98 Å². The number of benzene rings is 6. The SMILES string of the molecule is c1ccc(-c2ccc(Cc3ccc4c(c3)c3ccccc3n4-c3nc(-c4ccccc4)nc(-c4ccccc4)n3)cc2)cc1. The van der Waals surface area contributed by atoms with Crippen LogP contribution in [0.2, 0.25) is 0 Å². The van der Waals surface area contributed by atoms with Crippen LogP contribution in [0.15, 0.2) is 158 Å². The predicted molar refractivity (Wildman–Crippen MR) is 180 cm³/mol. The molecule has 44 heavy (non-hydrogen) atoms. The van der Waals surface area contributed by atoms with Crippen molar-refractivity contribution in [2.75, 3.05) is 0 Å². The second kappa shape index (κ2) is 11.1. The molecule has 0 radical (unpaired) electrons. The Morgan fingerprint density at radius 2 is 0.886 bits per heavy atom. The van der Waals surface area contributed by atoms with Crippen molar-refractivity contribution in [2.45, 2.75) is 6.42 Å². The Labute approximate surface area is 256 Å². The summed E-state index contributed by atoms with van der Waals surface area (Å²) in [5.74, 6) is 1.90. The molecule has 0 aliphatic heterocycles. The van der Waals surface area contributed by atoms with Crippen molar-refractivity contribution in [3.63, 3.8) is 0 Å². The Hall–Kier alpha value is -5.87. The van der Waals surface area contributed by atoms with Crippen LogP contribution < -0.4 is 0 Å². The molecule has 2 aromatic heterocycles. The Kier molecular flexibility index (Phi) is 6.50. The third kappa shape index (κ3) is 4.83. The zero-order valence-electron chi connectivity index (χ0n) is 24.0. The number of fused-ring (bicyclic) bond motifs is 3. The van der Waals surface area contributed by atoms with Gasteiger partial charge in [0.15, 0.2) is 11.6 Å². The Morgan fingerprint density at radius 1 is 0.386 bits per heavy atom. The minimum atomic E-state index is 0.605. The fourth-order valence-electron chi connectivity index (χ4n) is 5.92. The van der Waals surface area contributed by atoms with Gasteiger partial charge in [-0.15, -0.1) is 0 Å². The molecule has 0 aliphatic carbocycles. The molecule has 0 aliphatic rings. The van der Waals surface area contributed by atoms with Gasteiger partial charge in [0.25, 0.3) is 0 Å². The summed E-state index contributed by atoms with van der Waals surface area (Å²) < 4.78 is 2.17. The molecule has 6 aromatic carbocycles. The minimum absolute atomic E-state index is 0.605. The number of hydrogen-bond acceptors (Lipinski definition) is 3. The van der Waals surface area contributed by atoms with Crippen LogP contribution >= 0.6 is 0 Å². The van der Waals surface area contributed by atoms with E-state index in [0.29, 0.717) is 17.6 Å². The number of nitrogens with zero attached hydrogens (tertiary/aromatic N) is 4. The molecule has 0 fully saturated rings. The highest BCUT2D eigenvalue weighted by Gasteiger charge is 2.18. The van der Waals surface area contributed by atoms with Crippen molar-refractivity contribution in [2.24, 2.45) is 0 Å². The third-order valence-corrected chi connectivity index (χ3v) is 8.09. The smallest absolute Gasteiger partial charge is 0.238 e. The van der Waals surface area contributed by atoms with Gasteiger partial charge in [0.2, 0.25) is 5.95 Å². The van der Waals surface area contributed by atoms with Crippen molar-refractivity contribution < 1.29 is 0 Å². The van der Waals surface area contributed by atoms with Gasteiger partial charge in [0.05, 0.1) is 11.0 Å². The van der Waals surface area contributed by atoms with Gasteiger partial charge in [-0.05, 0) is 46.9 Å². The summed E-state index contributed by atoms with van der Waals surface area (Å²) in [5, 5.41) is 2.36. The molecule has 0 N–H and O–H groups in total. The number of para-hydroxylation sites is 1. The van der Waals surface area contributed by atoms with Crippen molar-refractivity contribution in [1.29, 1.82) is 0 Å². The van der Waals surface area contributed by atoms with E-state index < -0.39 is 0 Å². The average Bonchev–Trinajstić information content (AvgIpc) is 3.43. The van der Waals surface area contributed by atoms with E-state index >= 15 is 0 Å². The maximum Gasteiger partial charge on any atom is 0.238 e. The number of aromatic nitrogens is 4. The molecule has 8 rings (SSSR count). The molecule has 8 aromatic rings. The quantitative estimate of drug-likeness (QED) is 0.202. The molecule has 4 nitrogen and oxygen atoms in total. The van der Waals surface area contributed by atoms with Crippen LogP contribution in [0.25, 0.3) is 61.7 Å². The van der Waals surface area contributed by atoms with Gasteiger partial charge in [0.1, 0.15) is 0 Å². The first kappa shape index (κ1) is 25.8. The summed E-state index contributed by atoms with van der Waals surface area (Å²) in [6.45, 7) is 0. The predicted octanol–water partition coefficient (Wildman–Crippen LogP) is 9.56. The van der Waals surface area contributed by atoms with E-state index in [-0.39, 0.29) is 0 Å². The normalized spacial score (nSPS) is 11.3. The fourth-order valence-corrected chi connectivity index (χ4v) is 5.92. The second-order valence-electron chi connectivity index (χ2n) is 11.0. The lowest BCUT2D eigenvalue weighted by Gasteiger charge is -2.11. The molecule has 4 heteroatoms. The maximum atomic E-state index is 5.04. The zero-order valence-corrected chi connectivity index (χ0v) is 24.0. The van der Waals surface area contributed by atoms with Gasteiger partial charge < -0.3 is 0 Å². The first-order chi connectivity index (χ1) is 21.8. The van der Waals surface area contributed by atoms with Crippen LogP contribution in [0.1, 0.15) is 11.1 Å². The Balaban J connectivity index is 1.24. The molecular weight excluding hydrogens is 536 g/mol. The van der Waals surface area contributed by atoms with Crippen LogP contribution in [-0.4, -0.2) is 19.5 Å². The topological polar surface area (TPSA) is 43.6 Å². The van der Waals surface area contributed by atoms with Gasteiger partial charge in [0, 0.05) is 21.9 Å². The van der Waals surface area contributed by atoms with Crippen LogP contribution in [0.5, 0.6) is 0 Å². The second-order valence-corrected chi connectivity index (χ2v) is 11.0. The van der Waals surface area contributed by atoms with Gasteiger partial charge >= 0.3 is 0 Å². The Morgan fingerprint density at radius 3 is 1.52 bits per heavy atom. The van der Waals surface area contributed by atoms with Crippen LogP contribution in [-0.2, 0) is 6.42 Å². The molecule has 208 valence electrons. The number of rotatable bonds is 6. The summed E-state index contributed by atoms with van der Waals surface area (Å²) in [5.41, 5.74) is 9.05. The van der Waals surface area contributed by atoms with Gasteiger partial charge in [-0.2, -0.15) is 9.97 Å². The highest BCUT2D eigenvalue weighted by Crippen LogP contribution is 2.33. The largest absolute Gasteiger partial charge is 0.278 e. The first-order valence-electron chi connectivity index (χ1n) is 14.8. The lowest BCUT2D eigenvalue weighted by Crippen LogP contribution is -2.06. The summed E-state index contributed by atoms with van der Waals surface area (Å²) in [6, 6.07) is 54.9. The summed E-state index contributed by atoms with van der Waals surface area (Å²) in [6.07, 6.45) is 0.854. The molecule has 0 bridgehead atoms. The molecule has 0 spiro atoms. The van der Waals surface area contributed by atoms with E-state index in [2.05, 4.69) is 102 Å². The monoisotopic (exact) mass is 564 g/mol. The molecule has 0 amide bonds. The van der Waals surface area contributed by atoms with Gasteiger partial charge in [-0.3, -0.25) is 4.57 Å². The molecule has 0 unspecified atom stereocenters. The van der Waals surface area contributed by atoms with E-state index in [1.165, 1.54) is 33.0 Å². The van der Waals surface area contributed by atoms with Crippen LogP contribution in [0.4, 0.5) is 0 Å². The third-order valence-electron chi connectivity index (χ3n) is 8.09. The molecule has 2 heterocycles. The average molecular weight is 565 g/mol. The molecular formula is C40H28N4. The fraction of sp³-hybridized carbons (Fsp3) is 0.0250. The highest BCUT2D eigenvalue weighted by atomic mass is 15.2. The van der Waals surface area contributed by atoms with Crippen LogP contribution in [0, 0.1) is 0 Å². The molecule has 0 atom stereocenters. The number of hydrogen-bond donors (Lipinski definition) is 0. The van der Waals surface area contributed by atoms with E-state index in [4.69, 9.17) is 15.0 Å². The zero-order chi connectivity index (χ0) is 29.3. The van der Waals surface area contributed by atoms with Crippen molar-refractivity contribution in [1.82, 2.24) is 19.5 Å². The minimum Gasteiger partial charge on any atom is -0.278 e. The lowest BCUT2D eigenvalue weighted by molar-refractivity contribution is 0.953. The summed E-state index contributed by atoms with van der Waals surface area (Å²) >= 11 is 0. The van der Waals surface area contributed by atoms with Gasteiger partial charge in [-0.1, -0.05) is 140 Å². The van der Waals surface area contributed by atoms with Crippen molar-refractivity contribution in [3.8, 4) is 39.9 Å². The Bertz CT molecular complexity index is 2160. The molecule has 0 saturated carbocycles. The van der Waals surface area contributed by atoms with E-state index in [1.807, 2.05) is 60.7 Å². The highest BCUT2D eigenvalue weighted by molar-refractivity contribution is 6.09. The summed E-state index contributed by atoms with van der Waals surface area (Å²) in [7, 11) is 0. The maximum absolute atomic E-state index is 5.04. The van der Waals surface area contributed by atoms with E-state index in [0.717, 1.165) is 28.6 Å². The van der Waals surface area contributed by atoms with E-state index in [1.54, 1.807) is 0 Å². The lowest BCUT2D eigenvalue weighted by atomic mass is 9.99. The van der Waals surface area contributed by atoms with Crippen molar-refractivity contribution in [3.05, 3.63) is 169 Å². The summed E-state index contributed by atoms with van der Waals surface area (Å²) in [4.78, 5) is 15.0. The standard InChI is InChI=1S/C40H28N4/c1-4-12-30(13-5-1)31-23-20-28(21-24-31)26-29-22-25-37-35(27-29)34-18-10-11-19-36(34)44(37)40-42-38(32-14-6-2-7-15-32)41-39(43-40)33-16-8-3-9-17-33/h1-25,27H,26H2.